The van der Waals surface area contributed by atoms with Crippen molar-refractivity contribution in [3.05, 3.63) is 40.7 Å². The van der Waals surface area contributed by atoms with Gasteiger partial charge >= 0.3 is 6.09 Å². The van der Waals surface area contributed by atoms with Crippen LogP contribution in [0, 0.1) is 23.0 Å². The number of hydrogen-bond acceptors (Lipinski definition) is 12. The molecule has 2 fully saturated rings. The van der Waals surface area contributed by atoms with Gasteiger partial charge in [-0.3, -0.25) is 15.2 Å². The summed E-state index contributed by atoms with van der Waals surface area (Å²) in [4.78, 5) is 32.9. The van der Waals surface area contributed by atoms with Crippen LogP contribution in [0.15, 0.2) is 12.4 Å². The second-order valence-electron chi connectivity index (χ2n) is 13.5. The summed E-state index contributed by atoms with van der Waals surface area (Å²) in [6.45, 7) is 9.35. The predicted molar refractivity (Wildman–Crippen MR) is 177 cm³/mol. The number of nitrogens with one attached hydrogen (secondary N) is 1. The smallest absolute Gasteiger partial charge is 0.412 e. The van der Waals surface area contributed by atoms with Crippen molar-refractivity contribution in [3.63, 3.8) is 0 Å². The number of halogens is 2. The fourth-order valence-electron chi connectivity index (χ4n) is 7.02. The van der Waals surface area contributed by atoms with E-state index < -0.39 is 23.3 Å². The molecule has 0 saturated carbocycles. The largest absolute Gasteiger partial charge is 0.444 e. The molecule has 0 spiro atoms. The summed E-state index contributed by atoms with van der Waals surface area (Å²) in [5, 5.41) is 23.5. The van der Waals surface area contributed by atoms with Gasteiger partial charge in [-0.1, -0.05) is 0 Å². The van der Waals surface area contributed by atoms with E-state index in [0.717, 1.165) is 43.6 Å². The van der Waals surface area contributed by atoms with Crippen LogP contribution in [0.2, 0.25) is 0 Å². The van der Waals surface area contributed by atoms with Gasteiger partial charge in [0.2, 0.25) is 5.95 Å². The molecule has 3 aliphatic heterocycles. The Hall–Kier alpha value is -4.07. The molecule has 1 aromatic carbocycles. The minimum atomic E-state index is -0.806. The molecule has 0 unspecified atom stereocenters. The minimum absolute atomic E-state index is 0.0455. The van der Waals surface area contributed by atoms with E-state index in [1.807, 2.05) is 4.90 Å². The number of rotatable bonds is 5. The van der Waals surface area contributed by atoms with Gasteiger partial charge in [0.1, 0.15) is 22.2 Å². The molecule has 48 heavy (non-hydrogen) atoms. The monoisotopic (exact) mass is 678 g/mol. The van der Waals surface area contributed by atoms with Crippen LogP contribution in [0.4, 0.5) is 24.5 Å². The lowest BCUT2D eigenvalue weighted by molar-refractivity contribution is 0.0266. The van der Waals surface area contributed by atoms with Gasteiger partial charge in [-0.15, -0.1) is 11.3 Å². The number of amides is 1. The molecule has 0 aliphatic carbocycles. The van der Waals surface area contributed by atoms with Crippen LogP contribution in [0.25, 0.3) is 32.2 Å². The normalized spacial score (nSPS) is 20.4. The molecule has 3 aromatic heterocycles. The van der Waals surface area contributed by atoms with E-state index >= 15 is 8.78 Å². The number of fused-ring (bicyclic) bond motifs is 4. The fourth-order valence-corrected chi connectivity index (χ4v) is 8.06. The van der Waals surface area contributed by atoms with E-state index in [0.29, 0.717) is 35.6 Å². The first-order chi connectivity index (χ1) is 23.0. The summed E-state index contributed by atoms with van der Waals surface area (Å²) >= 11 is 0.856. The zero-order valence-electron chi connectivity index (χ0n) is 27.1. The third kappa shape index (κ3) is 5.71. The number of hydrogen-bond donors (Lipinski definition) is 2. The number of nitriles is 1. The zero-order chi connectivity index (χ0) is 33.9. The fraction of sp³-hybridized carbons (Fsp3) is 0.485. The van der Waals surface area contributed by atoms with Gasteiger partial charge in [0, 0.05) is 67.3 Å². The average molecular weight is 679 g/mol. The molecule has 12 nitrogen and oxygen atoms in total. The second-order valence-corrected chi connectivity index (χ2v) is 14.5. The molecule has 15 heteroatoms. The Labute approximate surface area is 279 Å². The number of nitrogens with zero attached hydrogens (tertiary/aromatic N) is 7. The van der Waals surface area contributed by atoms with Gasteiger partial charge in [-0.05, 0) is 45.4 Å². The van der Waals surface area contributed by atoms with Gasteiger partial charge in [0.25, 0.3) is 0 Å². The third-order valence-corrected chi connectivity index (χ3v) is 10.3. The SMILES string of the molecule is CN1CCN([C@@H]2CCN(c3ncc4c5c(c(-c6ncc(F)c7sc(NC(=O)OC(C)(C)C)c(C#N)c67)c(F)c4n3)COC5)C2)[C@@H](CO)C1. The molecule has 252 valence electrons. The van der Waals surface area contributed by atoms with E-state index in [9.17, 15) is 15.2 Å². The molecule has 1 amide bonds. The van der Waals surface area contributed by atoms with E-state index in [4.69, 9.17) is 14.5 Å². The lowest BCUT2D eigenvalue weighted by Gasteiger charge is -2.42. The quantitative estimate of drug-likeness (QED) is 0.306. The minimum Gasteiger partial charge on any atom is -0.444 e. The van der Waals surface area contributed by atoms with E-state index in [1.165, 1.54) is 0 Å². The first-order valence-electron chi connectivity index (χ1n) is 15.9. The Balaban J connectivity index is 1.30. The zero-order valence-corrected chi connectivity index (χ0v) is 28.0. The summed E-state index contributed by atoms with van der Waals surface area (Å²) in [5.41, 5.74) is 0.593. The highest BCUT2D eigenvalue weighted by molar-refractivity contribution is 7.23. The van der Waals surface area contributed by atoms with Crippen LogP contribution in [0.5, 0.6) is 0 Å². The molecular weight excluding hydrogens is 642 g/mol. The van der Waals surface area contributed by atoms with Crippen LogP contribution in [-0.2, 0) is 22.7 Å². The first-order valence-corrected chi connectivity index (χ1v) is 16.7. The maximum atomic E-state index is 16.9. The molecule has 0 radical (unpaired) electrons. The summed E-state index contributed by atoms with van der Waals surface area (Å²) in [6.07, 6.45) is 2.67. The molecular formula is C33H36F2N8O4S. The maximum absolute atomic E-state index is 16.9. The van der Waals surface area contributed by atoms with E-state index in [1.54, 1.807) is 27.0 Å². The molecule has 4 aromatic rings. The standard InChI is InChI=1S/C33H36F2N8O4S/c1-33(2,3)47-32(45)40-30-19(9-36)25-28(37-11-23(34)29(25)48-30)24-22-16-46-15-21(22)20-10-38-31(39-27(20)26(24)35)42-6-5-17(13-42)43-8-7-41(4)12-18(43)14-44/h10-11,17-18,44H,5-8,12-16H2,1-4H3,(H,40,45)/t17-,18-/m1/s1. The lowest BCUT2D eigenvalue weighted by Crippen LogP contribution is -2.57. The van der Waals surface area contributed by atoms with Gasteiger partial charge in [0.05, 0.1) is 42.0 Å². The number of carbonyl (C=O) groups is 1. The number of carbonyl (C=O) groups excluding carboxylic acids is 1. The number of pyridine rings is 1. The molecule has 7 rings (SSSR count). The summed E-state index contributed by atoms with van der Waals surface area (Å²) in [6, 6.07) is 2.31. The highest BCUT2D eigenvalue weighted by Crippen LogP contribution is 2.46. The van der Waals surface area contributed by atoms with Crippen LogP contribution in [0.1, 0.15) is 43.9 Å². The molecule has 2 N–H and O–H groups in total. The van der Waals surface area contributed by atoms with Crippen molar-refractivity contribution in [3.8, 4) is 17.3 Å². The van der Waals surface area contributed by atoms with Crippen molar-refractivity contribution >= 4 is 49.4 Å². The van der Waals surface area contributed by atoms with Gasteiger partial charge in [-0.2, -0.15) is 5.26 Å². The molecule has 2 atom stereocenters. The Bertz CT molecular complexity index is 1980. The summed E-state index contributed by atoms with van der Waals surface area (Å²) in [7, 11) is 2.06. The van der Waals surface area contributed by atoms with Crippen molar-refractivity contribution in [1.82, 2.24) is 24.8 Å². The Morgan fingerprint density at radius 1 is 1.19 bits per heavy atom. The topological polar surface area (TPSA) is 140 Å². The van der Waals surface area contributed by atoms with Gasteiger partial charge in [-0.25, -0.2) is 23.5 Å². The average Bonchev–Trinajstić information content (AvgIpc) is 3.80. The molecule has 6 heterocycles. The number of thiophene rings is 1. The highest BCUT2D eigenvalue weighted by atomic mass is 32.1. The first kappa shape index (κ1) is 32.5. The Morgan fingerprint density at radius 3 is 2.73 bits per heavy atom. The maximum Gasteiger partial charge on any atom is 0.412 e. The van der Waals surface area contributed by atoms with Crippen molar-refractivity contribution < 1.29 is 28.2 Å². The number of likely N-dealkylation sites (N-methyl/N-ethyl adjacent to an activating group) is 1. The number of aliphatic hydroxyl groups is 1. The number of anilines is 2. The second kappa shape index (κ2) is 12.4. The van der Waals surface area contributed by atoms with Crippen LogP contribution in [-0.4, -0.2) is 100 Å². The van der Waals surface area contributed by atoms with Crippen molar-refractivity contribution in [2.24, 2.45) is 0 Å². The van der Waals surface area contributed by atoms with Crippen molar-refractivity contribution in [2.75, 3.05) is 56.6 Å². The summed E-state index contributed by atoms with van der Waals surface area (Å²) < 4.78 is 43.3. The van der Waals surface area contributed by atoms with Gasteiger partial charge < -0.3 is 24.4 Å². The molecule has 3 aliphatic rings. The lowest BCUT2D eigenvalue weighted by atomic mass is 9.94. The Kier molecular flexibility index (Phi) is 8.41. The van der Waals surface area contributed by atoms with E-state index in [2.05, 4.69) is 38.2 Å². The highest BCUT2D eigenvalue weighted by Gasteiger charge is 2.36. The number of benzene rings is 1. The van der Waals surface area contributed by atoms with Gasteiger partial charge in [0.15, 0.2) is 11.6 Å². The number of aliphatic hydroxyl groups excluding tert-OH is 1. The van der Waals surface area contributed by atoms with E-state index in [-0.39, 0.29) is 69.3 Å². The predicted octanol–water partition coefficient (Wildman–Crippen LogP) is 4.62. The number of piperazine rings is 1. The number of ether oxygens (including phenoxy) is 2. The number of aromatic nitrogens is 3. The van der Waals surface area contributed by atoms with Crippen LogP contribution < -0.4 is 10.2 Å². The molecule has 2 saturated heterocycles. The van der Waals surface area contributed by atoms with Crippen molar-refractivity contribution in [2.45, 2.75) is 58.1 Å². The third-order valence-electron chi connectivity index (χ3n) is 9.18. The molecule has 0 bridgehead atoms. The van der Waals surface area contributed by atoms with Crippen LogP contribution in [0.3, 0.4) is 0 Å². The van der Waals surface area contributed by atoms with Crippen molar-refractivity contribution in [1.29, 1.82) is 5.26 Å². The summed E-state index contributed by atoms with van der Waals surface area (Å²) in [5.74, 6) is -0.999. The van der Waals surface area contributed by atoms with Crippen LogP contribution >= 0.6 is 11.3 Å². The Morgan fingerprint density at radius 2 is 1.98 bits per heavy atom.